The summed E-state index contributed by atoms with van der Waals surface area (Å²) in [5.74, 6) is -1.33. The molecule has 0 spiro atoms. The average Bonchev–Trinajstić information content (AvgIpc) is 2.41. The van der Waals surface area contributed by atoms with E-state index in [-0.39, 0.29) is 30.1 Å². The summed E-state index contributed by atoms with van der Waals surface area (Å²) in [7, 11) is 0. The van der Waals surface area contributed by atoms with Gasteiger partial charge in [-0.1, -0.05) is 13.8 Å². The number of phenolic OH excluding ortho intramolecular Hbond substituents is 1. The standard InChI is InChI=1S/C14H18O5/c1-3-7-18-13(16)11-6-5-10(15)9-12(11)14(17)19-8-4-2/h5-6,9,15H,3-4,7-8H2,1-2H3. The van der Waals surface area contributed by atoms with Gasteiger partial charge in [0.25, 0.3) is 0 Å². The lowest BCUT2D eigenvalue weighted by Gasteiger charge is -2.09. The van der Waals surface area contributed by atoms with E-state index >= 15 is 0 Å². The fourth-order valence-electron chi connectivity index (χ4n) is 1.42. The Balaban J connectivity index is 2.97. The normalized spacial score (nSPS) is 10.0. The van der Waals surface area contributed by atoms with Crippen LogP contribution in [-0.2, 0) is 9.47 Å². The molecule has 19 heavy (non-hydrogen) atoms. The second kappa shape index (κ2) is 7.41. The third kappa shape index (κ3) is 4.28. The molecule has 1 N–H and O–H groups in total. The number of ether oxygens (including phenoxy) is 2. The first-order valence-corrected chi connectivity index (χ1v) is 6.27. The summed E-state index contributed by atoms with van der Waals surface area (Å²) >= 11 is 0. The van der Waals surface area contributed by atoms with Crippen LogP contribution in [0.1, 0.15) is 47.4 Å². The molecule has 0 aromatic heterocycles. The Bertz CT molecular complexity index is 453. The Kier molecular flexibility index (Phi) is 5.85. The van der Waals surface area contributed by atoms with Crippen LogP contribution < -0.4 is 0 Å². The molecule has 0 aliphatic rings. The van der Waals surface area contributed by atoms with Crippen molar-refractivity contribution in [3.63, 3.8) is 0 Å². The van der Waals surface area contributed by atoms with Crippen molar-refractivity contribution < 1.29 is 24.2 Å². The van der Waals surface area contributed by atoms with E-state index in [1.54, 1.807) is 0 Å². The Hall–Kier alpha value is -2.04. The summed E-state index contributed by atoms with van der Waals surface area (Å²) in [6.45, 7) is 4.29. The number of rotatable bonds is 6. The topological polar surface area (TPSA) is 72.8 Å². The zero-order valence-electron chi connectivity index (χ0n) is 11.1. The third-order valence-electron chi connectivity index (χ3n) is 2.32. The van der Waals surface area contributed by atoms with Crippen molar-refractivity contribution >= 4 is 11.9 Å². The smallest absolute Gasteiger partial charge is 0.339 e. The number of phenols is 1. The maximum Gasteiger partial charge on any atom is 0.339 e. The van der Waals surface area contributed by atoms with Crippen LogP contribution in [0.4, 0.5) is 0 Å². The number of carbonyl (C=O) groups is 2. The summed E-state index contributed by atoms with van der Waals surface area (Å²) < 4.78 is 9.95. The summed E-state index contributed by atoms with van der Waals surface area (Å²) in [4.78, 5) is 23.6. The molecule has 0 saturated carbocycles. The van der Waals surface area contributed by atoms with Crippen molar-refractivity contribution in [3.05, 3.63) is 29.3 Å². The molecule has 0 heterocycles. The number of benzene rings is 1. The van der Waals surface area contributed by atoms with E-state index in [1.165, 1.54) is 18.2 Å². The van der Waals surface area contributed by atoms with Crippen molar-refractivity contribution in [2.45, 2.75) is 26.7 Å². The minimum atomic E-state index is -0.638. The van der Waals surface area contributed by atoms with Crippen molar-refractivity contribution in [1.29, 1.82) is 0 Å². The van der Waals surface area contributed by atoms with Crippen LogP contribution in [0.5, 0.6) is 5.75 Å². The van der Waals surface area contributed by atoms with Gasteiger partial charge >= 0.3 is 11.9 Å². The highest BCUT2D eigenvalue weighted by Gasteiger charge is 2.20. The van der Waals surface area contributed by atoms with Crippen LogP contribution in [0.15, 0.2) is 18.2 Å². The van der Waals surface area contributed by atoms with Gasteiger partial charge in [-0.3, -0.25) is 0 Å². The fraction of sp³-hybridized carbons (Fsp3) is 0.429. The molecule has 0 saturated heterocycles. The largest absolute Gasteiger partial charge is 0.508 e. The highest BCUT2D eigenvalue weighted by molar-refractivity contribution is 6.03. The summed E-state index contributed by atoms with van der Waals surface area (Å²) in [5, 5.41) is 9.41. The van der Waals surface area contributed by atoms with Gasteiger partial charge in [-0.25, -0.2) is 9.59 Å². The molecule has 104 valence electrons. The molecule has 0 atom stereocenters. The minimum absolute atomic E-state index is 0.0227. The van der Waals surface area contributed by atoms with Crippen molar-refractivity contribution in [2.24, 2.45) is 0 Å². The first-order chi connectivity index (χ1) is 9.10. The SMILES string of the molecule is CCCOC(=O)c1ccc(O)cc1C(=O)OCCC. The quantitative estimate of drug-likeness (QED) is 0.801. The van der Waals surface area contributed by atoms with Gasteiger partial charge in [0.2, 0.25) is 0 Å². The first-order valence-electron chi connectivity index (χ1n) is 6.27. The van der Waals surface area contributed by atoms with Crippen molar-refractivity contribution in [2.75, 3.05) is 13.2 Å². The Labute approximate surface area is 112 Å². The lowest BCUT2D eigenvalue weighted by atomic mass is 10.1. The third-order valence-corrected chi connectivity index (χ3v) is 2.32. The molecule has 0 aliphatic carbocycles. The molecule has 5 heteroatoms. The predicted molar refractivity (Wildman–Crippen MR) is 69.3 cm³/mol. The van der Waals surface area contributed by atoms with E-state index in [0.717, 1.165) is 0 Å². The zero-order chi connectivity index (χ0) is 14.3. The van der Waals surface area contributed by atoms with Gasteiger partial charge in [-0.2, -0.15) is 0 Å². The zero-order valence-corrected chi connectivity index (χ0v) is 11.1. The van der Waals surface area contributed by atoms with Crippen LogP contribution >= 0.6 is 0 Å². The van der Waals surface area contributed by atoms with Gasteiger partial charge < -0.3 is 14.6 Å². The molecular formula is C14H18O5. The Morgan fingerprint density at radius 3 is 2.05 bits per heavy atom. The van der Waals surface area contributed by atoms with Crippen LogP contribution in [0, 0.1) is 0 Å². The first kappa shape index (κ1) is 15.0. The Morgan fingerprint density at radius 1 is 1.00 bits per heavy atom. The van der Waals surface area contributed by atoms with E-state index in [0.29, 0.717) is 12.8 Å². The molecule has 0 bridgehead atoms. The van der Waals surface area contributed by atoms with Crippen LogP contribution in [0.3, 0.4) is 0 Å². The van der Waals surface area contributed by atoms with E-state index in [2.05, 4.69) is 0 Å². The molecule has 0 aliphatic heterocycles. The van der Waals surface area contributed by atoms with Crippen molar-refractivity contribution in [1.82, 2.24) is 0 Å². The van der Waals surface area contributed by atoms with Gasteiger partial charge in [0.1, 0.15) is 5.75 Å². The maximum absolute atomic E-state index is 11.8. The minimum Gasteiger partial charge on any atom is -0.508 e. The molecule has 1 aromatic carbocycles. The van der Waals surface area contributed by atoms with Gasteiger partial charge in [0, 0.05) is 0 Å². The number of carbonyl (C=O) groups excluding carboxylic acids is 2. The molecular weight excluding hydrogens is 248 g/mol. The molecule has 0 amide bonds. The molecule has 0 fully saturated rings. The monoisotopic (exact) mass is 266 g/mol. The van der Waals surface area contributed by atoms with E-state index < -0.39 is 11.9 Å². The van der Waals surface area contributed by atoms with Gasteiger partial charge in [0.05, 0.1) is 24.3 Å². The number of hydrogen-bond donors (Lipinski definition) is 1. The van der Waals surface area contributed by atoms with E-state index in [1.807, 2.05) is 13.8 Å². The lowest BCUT2D eigenvalue weighted by molar-refractivity contribution is 0.0457. The number of aromatic hydroxyl groups is 1. The average molecular weight is 266 g/mol. The predicted octanol–water partition coefficient (Wildman–Crippen LogP) is 2.53. The van der Waals surface area contributed by atoms with Crippen LogP contribution in [-0.4, -0.2) is 30.3 Å². The van der Waals surface area contributed by atoms with Crippen molar-refractivity contribution in [3.8, 4) is 5.75 Å². The van der Waals surface area contributed by atoms with E-state index in [4.69, 9.17) is 9.47 Å². The highest BCUT2D eigenvalue weighted by Crippen LogP contribution is 2.19. The summed E-state index contributed by atoms with van der Waals surface area (Å²) in [6.07, 6.45) is 1.37. The van der Waals surface area contributed by atoms with Crippen LogP contribution in [0.2, 0.25) is 0 Å². The van der Waals surface area contributed by atoms with Crippen LogP contribution in [0.25, 0.3) is 0 Å². The molecule has 5 nitrogen and oxygen atoms in total. The summed E-state index contributed by atoms with van der Waals surface area (Å²) in [6, 6.07) is 3.90. The second-order valence-electron chi connectivity index (χ2n) is 4.00. The second-order valence-corrected chi connectivity index (χ2v) is 4.00. The van der Waals surface area contributed by atoms with Gasteiger partial charge in [-0.15, -0.1) is 0 Å². The molecule has 1 aromatic rings. The number of esters is 2. The fourth-order valence-corrected chi connectivity index (χ4v) is 1.42. The molecule has 1 rings (SSSR count). The number of hydrogen-bond acceptors (Lipinski definition) is 5. The van der Waals surface area contributed by atoms with Gasteiger partial charge in [0.15, 0.2) is 0 Å². The lowest BCUT2D eigenvalue weighted by Crippen LogP contribution is -2.14. The van der Waals surface area contributed by atoms with Gasteiger partial charge in [-0.05, 0) is 31.0 Å². The Morgan fingerprint density at radius 2 is 1.53 bits per heavy atom. The molecule has 0 radical (unpaired) electrons. The maximum atomic E-state index is 11.8. The highest BCUT2D eigenvalue weighted by atomic mass is 16.5. The molecule has 0 unspecified atom stereocenters. The summed E-state index contributed by atoms with van der Waals surface area (Å²) in [5.41, 5.74) is 0.127. The van der Waals surface area contributed by atoms with E-state index in [9.17, 15) is 14.7 Å².